The first-order valence-corrected chi connectivity index (χ1v) is 9.65. The fourth-order valence-corrected chi connectivity index (χ4v) is 5.11. The molecule has 1 atom stereocenters. The summed E-state index contributed by atoms with van der Waals surface area (Å²) in [6.45, 7) is 1.82. The smallest absolute Gasteiger partial charge is 0.317 e. The molecule has 0 saturated carbocycles. The molecule has 0 aromatic heterocycles. The zero-order chi connectivity index (χ0) is 15.6. The van der Waals surface area contributed by atoms with Crippen molar-refractivity contribution in [3.63, 3.8) is 0 Å². The van der Waals surface area contributed by atoms with Crippen molar-refractivity contribution in [3.05, 3.63) is 35.4 Å². The van der Waals surface area contributed by atoms with Gasteiger partial charge in [-0.2, -0.15) is 0 Å². The average molecular weight is 322 g/mol. The Hall–Kier alpha value is -1.56. The predicted molar refractivity (Wildman–Crippen MR) is 85.3 cm³/mol. The van der Waals surface area contributed by atoms with Gasteiger partial charge in [0, 0.05) is 19.6 Å². The van der Waals surface area contributed by atoms with Crippen molar-refractivity contribution in [1.29, 1.82) is 0 Å². The minimum Gasteiger partial charge on any atom is -0.338 e. The molecule has 0 bridgehead atoms. The molecule has 6 heteroatoms. The van der Waals surface area contributed by atoms with E-state index in [9.17, 15) is 13.2 Å². The lowest BCUT2D eigenvalue weighted by Gasteiger charge is -2.22. The van der Waals surface area contributed by atoms with Gasteiger partial charge in [0.25, 0.3) is 0 Å². The van der Waals surface area contributed by atoms with Crippen LogP contribution in [0.3, 0.4) is 0 Å². The molecule has 5 nitrogen and oxygen atoms in total. The maximum absolute atomic E-state index is 12.3. The minimum atomic E-state index is -2.88. The number of rotatable bonds is 2. The van der Waals surface area contributed by atoms with E-state index in [1.165, 1.54) is 11.1 Å². The SMILES string of the molecule is O=C(NCC1CCS(=O)(=O)C1)N1CCCc2ccccc2C1. The molecule has 22 heavy (non-hydrogen) atoms. The minimum absolute atomic E-state index is 0.0632. The number of aryl methyl sites for hydroxylation is 1. The van der Waals surface area contributed by atoms with E-state index in [0.29, 0.717) is 19.5 Å². The topological polar surface area (TPSA) is 66.5 Å². The fourth-order valence-electron chi connectivity index (χ4n) is 3.25. The Morgan fingerprint density at radius 3 is 2.77 bits per heavy atom. The molecule has 2 heterocycles. The van der Waals surface area contributed by atoms with E-state index in [0.717, 1.165) is 19.4 Å². The first-order chi connectivity index (χ1) is 10.5. The summed E-state index contributed by atoms with van der Waals surface area (Å²) in [4.78, 5) is 14.2. The van der Waals surface area contributed by atoms with E-state index in [1.807, 2.05) is 17.0 Å². The third-order valence-corrected chi connectivity index (χ3v) is 6.35. The molecule has 0 aliphatic carbocycles. The quantitative estimate of drug-likeness (QED) is 0.899. The third-order valence-electron chi connectivity index (χ3n) is 4.51. The monoisotopic (exact) mass is 322 g/mol. The number of nitrogens with zero attached hydrogens (tertiary/aromatic N) is 1. The number of sulfone groups is 1. The fraction of sp³-hybridized carbons (Fsp3) is 0.562. The Bertz CT molecular complexity index is 657. The number of amides is 2. The van der Waals surface area contributed by atoms with Crippen molar-refractivity contribution in [2.45, 2.75) is 25.8 Å². The standard InChI is InChI=1S/C16H22N2O3S/c19-16(17-10-13-7-9-22(20,21)12-13)18-8-3-6-14-4-1-2-5-15(14)11-18/h1-2,4-5,13H,3,6-12H2,(H,17,19). The van der Waals surface area contributed by atoms with Crippen molar-refractivity contribution in [2.75, 3.05) is 24.6 Å². The first-order valence-electron chi connectivity index (χ1n) is 7.83. The second-order valence-electron chi connectivity index (χ2n) is 6.25. The second-order valence-corrected chi connectivity index (χ2v) is 8.48. The van der Waals surface area contributed by atoms with Gasteiger partial charge in [-0.3, -0.25) is 0 Å². The molecule has 120 valence electrons. The van der Waals surface area contributed by atoms with Crippen LogP contribution in [0.1, 0.15) is 24.0 Å². The largest absolute Gasteiger partial charge is 0.338 e. The van der Waals surface area contributed by atoms with Gasteiger partial charge in [0.15, 0.2) is 9.84 Å². The average Bonchev–Trinajstić information content (AvgIpc) is 2.72. The first kappa shape index (κ1) is 15.3. The van der Waals surface area contributed by atoms with Gasteiger partial charge in [-0.25, -0.2) is 13.2 Å². The molecule has 0 spiro atoms. The molecular weight excluding hydrogens is 300 g/mol. The zero-order valence-corrected chi connectivity index (χ0v) is 13.4. The number of urea groups is 1. The number of nitrogens with one attached hydrogen (secondary N) is 1. The Balaban J connectivity index is 1.56. The van der Waals surface area contributed by atoms with E-state index in [-0.39, 0.29) is 23.5 Å². The molecule has 3 rings (SSSR count). The Morgan fingerprint density at radius 2 is 2.05 bits per heavy atom. The van der Waals surface area contributed by atoms with Crippen LogP contribution in [0, 0.1) is 5.92 Å². The molecular formula is C16H22N2O3S. The van der Waals surface area contributed by atoms with E-state index in [2.05, 4.69) is 17.4 Å². The third kappa shape index (κ3) is 3.61. The summed E-state index contributed by atoms with van der Waals surface area (Å²) in [6.07, 6.45) is 2.62. The number of benzene rings is 1. The van der Waals surface area contributed by atoms with Gasteiger partial charge in [-0.05, 0) is 36.3 Å². The highest BCUT2D eigenvalue weighted by Crippen LogP contribution is 2.19. The van der Waals surface area contributed by atoms with Gasteiger partial charge < -0.3 is 10.2 Å². The lowest BCUT2D eigenvalue weighted by atomic mass is 10.0. The summed E-state index contributed by atoms with van der Waals surface area (Å²) in [7, 11) is -2.88. The molecule has 1 unspecified atom stereocenters. The number of hydrogen-bond acceptors (Lipinski definition) is 3. The van der Waals surface area contributed by atoms with Gasteiger partial charge >= 0.3 is 6.03 Å². The van der Waals surface area contributed by atoms with E-state index in [4.69, 9.17) is 0 Å². The van der Waals surface area contributed by atoms with Crippen LogP contribution in [-0.4, -0.2) is 43.9 Å². The highest BCUT2D eigenvalue weighted by molar-refractivity contribution is 7.91. The lowest BCUT2D eigenvalue weighted by molar-refractivity contribution is 0.194. The molecule has 1 saturated heterocycles. The number of carbonyl (C=O) groups is 1. The van der Waals surface area contributed by atoms with Gasteiger partial charge in [-0.15, -0.1) is 0 Å². The van der Waals surface area contributed by atoms with Crippen LogP contribution in [0.2, 0.25) is 0 Å². The summed E-state index contributed by atoms with van der Waals surface area (Å²) in [5.74, 6) is 0.522. The van der Waals surface area contributed by atoms with Gasteiger partial charge in [0.1, 0.15) is 0 Å². The lowest BCUT2D eigenvalue weighted by Crippen LogP contribution is -2.41. The summed E-state index contributed by atoms with van der Waals surface area (Å²) in [6, 6.07) is 8.16. The Kier molecular flexibility index (Phi) is 4.38. The summed E-state index contributed by atoms with van der Waals surface area (Å²) >= 11 is 0. The van der Waals surface area contributed by atoms with Crippen molar-refractivity contribution in [2.24, 2.45) is 5.92 Å². The molecule has 1 N–H and O–H groups in total. The molecule has 1 aromatic carbocycles. The second kappa shape index (κ2) is 6.28. The van der Waals surface area contributed by atoms with E-state index < -0.39 is 9.84 Å². The van der Waals surface area contributed by atoms with E-state index >= 15 is 0 Å². The van der Waals surface area contributed by atoms with Gasteiger partial charge in [0.05, 0.1) is 11.5 Å². The molecule has 1 aromatic rings. The highest BCUT2D eigenvalue weighted by atomic mass is 32.2. The van der Waals surface area contributed by atoms with Crippen LogP contribution >= 0.6 is 0 Å². The van der Waals surface area contributed by atoms with Crippen molar-refractivity contribution in [3.8, 4) is 0 Å². The maximum Gasteiger partial charge on any atom is 0.317 e. The van der Waals surface area contributed by atoms with Crippen LogP contribution in [0.25, 0.3) is 0 Å². The van der Waals surface area contributed by atoms with Crippen molar-refractivity contribution in [1.82, 2.24) is 10.2 Å². The molecule has 2 aliphatic rings. The van der Waals surface area contributed by atoms with Crippen molar-refractivity contribution >= 4 is 15.9 Å². The normalized spacial score (nSPS) is 23.6. The van der Waals surface area contributed by atoms with Crippen LogP contribution in [0.5, 0.6) is 0 Å². The Morgan fingerprint density at radius 1 is 1.27 bits per heavy atom. The molecule has 0 radical (unpaired) electrons. The number of hydrogen-bond donors (Lipinski definition) is 1. The predicted octanol–water partition coefficient (Wildman–Crippen LogP) is 1.58. The van der Waals surface area contributed by atoms with Crippen molar-refractivity contribution < 1.29 is 13.2 Å². The number of carbonyl (C=O) groups excluding carboxylic acids is 1. The van der Waals surface area contributed by atoms with Gasteiger partial charge in [-0.1, -0.05) is 24.3 Å². The summed E-state index contributed by atoms with van der Waals surface area (Å²) < 4.78 is 22.9. The summed E-state index contributed by atoms with van der Waals surface area (Å²) in [5, 5.41) is 2.91. The molecule has 2 amide bonds. The van der Waals surface area contributed by atoms with Crippen LogP contribution < -0.4 is 5.32 Å². The van der Waals surface area contributed by atoms with Crippen LogP contribution in [-0.2, 0) is 22.8 Å². The van der Waals surface area contributed by atoms with E-state index in [1.54, 1.807) is 0 Å². The van der Waals surface area contributed by atoms with Gasteiger partial charge in [0.2, 0.25) is 0 Å². The zero-order valence-electron chi connectivity index (χ0n) is 12.6. The molecule has 2 aliphatic heterocycles. The number of fused-ring (bicyclic) bond motifs is 1. The van der Waals surface area contributed by atoms with Crippen LogP contribution in [0.4, 0.5) is 4.79 Å². The summed E-state index contributed by atoms with van der Waals surface area (Å²) in [5.41, 5.74) is 2.53. The highest BCUT2D eigenvalue weighted by Gasteiger charge is 2.28. The van der Waals surface area contributed by atoms with Crippen LogP contribution in [0.15, 0.2) is 24.3 Å². The maximum atomic E-state index is 12.3. The Labute approximate surface area is 131 Å². The molecule has 1 fully saturated rings.